The van der Waals surface area contributed by atoms with Gasteiger partial charge in [0.1, 0.15) is 0 Å². The molecule has 0 saturated heterocycles. The first kappa shape index (κ1) is 12.9. The Hall–Kier alpha value is -0.550. The van der Waals surface area contributed by atoms with E-state index in [1.165, 1.54) is 32.1 Å². The van der Waals surface area contributed by atoms with Crippen LogP contribution in [0.1, 0.15) is 37.8 Å². The van der Waals surface area contributed by atoms with Crippen molar-refractivity contribution in [1.29, 1.82) is 0 Å². The Morgan fingerprint density at radius 1 is 1.47 bits per heavy atom. The van der Waals surface area contributed by atoms with Gasteiger partial charge in [0.05, 0.1) is 5.69 Å². The molecule has 1 aromatic heterocycles. The Balaban J connectivity index is 1.68. The molecule has 1 atom stereocenters. The van der Waals surface area contributed by atoms with Crippen LogP contribution in [0.2, 0.25) is 0 Å². The largest absolute Gasteiger partial charge is 0.327 e. The van der Waals surface area contributed by atoms with Gasteiger partial charge < -0.3 is 5.73 Å². The van der Waals surface area contributed by atoms with Crippen LogP contribution in [0.5, 0.6) is 0 Å². The van der Waals surface area contributed by atoms with Crippen LogP contribution in [0.4, 0.5) is 0 Å². The molecular weight excluding hydrogens is 232 g/mol. The molecule has 0 aromatic carbocycles. The first-order valence-electron chi connectivity index (χ1n) is 6.46. The third-order valence-electron chi connectivity index (χ3n) is 3.22. The number of aryl methyl sites for hydroxylation is 1. The lowest BCUT2D eigenvalue weighted by Crippen LogP contribution is -2.27. The summed E-state index contributed by atoms with van der Waals surface area (Å²) in [6.45, 7) is 0. The summed E-state index contributed by atoms with van der Waals surface area (Å²) in [5.74, 6) is 1.04. The second-order valence-corrected chi connectivity index (χ2v) is 6.27. The maximum absolute atomic E-state index is 6.13. The van der Waals surface area contributed by atoms with Gasteiger partial charge in [-0.1, -0.05) is 24.5 Å². The summed E-state index contributed by atoms with van der Waals surface area (Å²) < 4.78 is 1.73. The lowest BCUT2D eigenvalue weighted by atomic mass is 10.0. The van der Waals surface area contributed by atoms with Crippen LogP contribution >= 0.6 is 11.8 Å². The van der Waals surface area contributed by atoms with E-state index >= 15 is 0 Å². The van der Waals surface area contributed by atoms with E-state index < -0.39 is 0 Å². The summed E-state index contributed by atoms with van der Waals surface area (Å²) >= 11 is 2.05. The van der Waals surface area contributed by atoms with Crippen molar-refractivity contribution < 1.29 is 0 Å². The molecule has 0 amide bonds. The number of hydrogen-bond donors (Lipinski definition) is 1. The van der Waals surface area contributed by atoms with E-state index in [4.69, 9.17) is 5.73 Å². The minimum atomic E-state index is 0.207. The SMILES string of the molecule is Cn1cc(CC(N)CSC2CCCCC2)nn1. The Kier molecular flexibility index (Phi) is 4.86. The number of aromatic nitrogens is 3. The van der Waals surface area contributed by atoms with E-state index in [0.717, 1.165) is 23.1 Å². The predicted molar refractivity (Wildman–Crippen MR) is 72.0 cm³/mol. The van der Waals surface area contributed by atoms with Gasteiger partial charge in [-0.25, -0.2) is 0 Å². The van der Waals surface area contributed by atoms with Crippen molar-refractivity contribution in [3.8, 4) is 0 Å². The van der Waals surface area contributed by atoms with Gasteiger partial charge in [0.25, 0.3) is 0 Å². The highest BCUT2D eigenvalue weighted by Crippen LogP contribution is 2.28. The Morgan fingerprint density at radius 2 is 2.24 bits per heavy atom. The van der Waals surface area contributed by atoms with E-state index in [9.17, 15) is 0 Å². The zero-order valence-corrected chi connectivity index (χ0v) is 11.3. The third kappa shape index (κ3) is 4.32. The first-order valence-corrected chi connectivity index (χ1v) is 7.51. The third-order valence-corrected chi connectivity index (χ3v) is 4.78. The zero-order valence-electron chi connectivity index (χ0n) is 10.5. The molecule has 1 saturated carbocycles. The van der Waals surface area contributed by atoms with Gasteiger partial charge in [0.15, 0.2) is 0 Å². The molecule has 1 heterocycles. The smallest absolute Gasteiger partial charge is 0.0842 e. The standard InChI is InChI=1S/C12H22N4S/c1-16-8-11(14-15-16)7-10(13)9-17-12-5-3-2-4-6-12/h8,10,12H,2-7,9,13H2,1H3. The average Bonchev–Trinajstić information content (AvgIpc) is 2.73. The van der Waals surface area contributed by atoms with Gasteiger partial charge in [-0.05, 0) is 12.8 Å². The summed E-state index contributed by atoms with van der Waals surface area (Å²) in [5.41, 5.74) is 7.14. The average molecular weight is 254 g/mol. The number of nitrogens with zero attached hydrogens (tertiary/aromatic N) is 3. The van der Waals surface area contributed by atoms with Crippen molar-refractivity contribution >= 4 is 11.8 Å². The second-order valence-electron chi connectivity index (χ2n) is 4.94. The van der Waals surface area contributed by atoms with Crippen molar-refractivity contribution in [2.75, 3.05) is 5.75 Å². The lowest BCUT2D eigenvalue weighted by Gasteiger charge is -2.22. The van der Waals surface area contributed by atoms with E-state index in [1.807, 2.05) is 13.2 Å². The molecule has 1 aliphatic carbocycles. The molecule has 1 aromatic rings. The van der Waals surface area contributed by atoms with Crippen LogP contribution < -0.4 is 5.73 Å². The van der Waals surface area contributed by atoms with Crippen molar-refractivity contribution in [3.63, 3.8) is 0 Å². The van der Waals surface area contributed by atoms with Crippen LogP contribution in [0.15, 0.2) is 6.20 Å². The monoisotopic (exact) mass is 254 g/mol. The fourth-order valence-electron chi connectivity index (χ4n) is 2.31. The maximum atomic E-state index is 6.13. The van der Waals surface area contributed by atoms with Gasteiger partial charge in [0, 0.05) is 36.7 Å². The fourth-order valence-corrected chi connectivity index (χ4v) is 3.61. The molecular formula is C12H22N4S. The number of rotatable bonds is 5. The molecule has 1 aliphatic rings. The summed E-state index contributed by atoms with van der Waals surface area (Å²) in [4.78, 5) is 0. The summed E-state index contributed by atoms with van der Waals surface area (Å²) in [7, 11) is 1.89. The molecule has 1 unspecified atom stereocenters. The molecule has 0 aliphatic heterocycles. The minimum absolute atomic E-state index is 0.207. The van der Waals surface area contributed by atoms with Gasteiger partial charge in [0.2, 0.25) is 0 Å². The van der Waals surface area contributed by atoms with Crippen LogP contribution in [-0.2, 0) is 13.5 Å². The quantitative estimate of drug-likeness (QED) is 0.870. The van der Waals surface area contributed by atoms with Gasteiger partial charge in [-0.3, -0.25) is 4.68 Å². The van der Waals surface area contributed by atoms with E-state index in [2.05, 4.69) is 22.1 Å². The Bertz CT molecular complexity index is 333. The van der Waals surface area contributed by atoms with Crippen molar-refractivity contribution in [1.82, 2.24) is 15.0 Å². The number of thioether (sulfide) groups is 1. The highest BCUT2D eigenvalue weighted by molar-refractivity contribution is 7.99. The Labute approximate surface area is 107 Å². The van der Waals surface area contributed by atoms with Crippen LogP contribution in [0.25, 0.3) is 0 Å². The fraction of sp³-hybridized carbons (Fsp3) is 0.833. The second kappa shape index (κ2) is 6.40. The number of nitrogens with two attached hydrogens (primary N) is 1. The molecule has 96 valence electrons. The van der Waals surface area contributed by atoms with Crippen LogP contribution in [0.3, 0.4) is 0 Å². The van der Waals surface area contributed by atoms with Gasteiger partial charge in [-0.2, -0.15) is 11.8 Å². The molecule has 5 heteroatoms. The number of hydrogen-bond acceptors (Lipinski definition) is 4. The van der Waals surface area contributed by atoms with Crippen LogP contribution in [-0.4, -0.2) is 32.0 Å². The molecule has 1 fully saturated rings. The Morgan fingerprint density at radius 3 is 2.88 bits per heavy atom. The first-order chi connectivity index (χ1) is 8.24. The molecule has 0 spiro atoms. The van der Waals surface area contributed by atoms with Crippen molar-refractivity contribution in [2.24, 2.45) is 12.8 Å². The summed E-state index contributed by atoms with van der Waals surface area (Å²) in [6, 6.07) is 0.207. The highest BCUT2D eigenvalue weighted by atomic mass is 32.2. The zero-order chi connectivity index (χ0) is 12.1. The highest BCUT2D eigenvalue weighted by Gasteiger charge is 2.15. The topological polar surface area (TPSA) is 56.7 Å². The molecule has 2 N–H and O–H groups in total. The van der Waals surface area contributed by atoms with E-state index in [0.29, 0.717) is 0 Å². The predicted octanol–water partition coefficient (Wildman–Crippen LogP) is 1.75. The minimum Gasteiger partial charge on any atom is -0.327 e. The molecule has 0 radical (unpaired) electrons. The van der Waals surface area contributed by atoms with E-state index in [1.54, 1.807) is 4.68 Å². The summed E-state index contributed by atoms with van der Waals surface area (Å²) in [6.07, 6.45) is 9.76. The molecule has 2 rings (SSSR count). The maximum Gasteiger partial charge on any atom is 0.0842 e. The van der Waals surface area contributed by atoms with E-state index in [-0.39, 0.29) is 6.04 Å². The van der Waals surface area contributed by atoms with Crippen LogP contribution in [0, 0.1) is 0 Å². The van der Waals surface area contributed by atoms with Gasteiger partial charge in [-0.15, -0.1) is 5.10 Å². The van der Waals surface area contributed by atoms with Crippen molar-refractivity contribution in [2.45, 2.75) is 49.8 Å². The lowest BCUT2D eigenvalue weighted by molar-refractivity contribution is 0.515. The molecule has 0 bridgehead atoms. The van der Waals surface area contributed by atoms with Gasteiger partial charge >= 0.3 is 0 Å². The normalized spacial score (nSPS) is 19.4. The van der Waals surface area contributed by atoms with Crippen molar-refractivity contribution in [3.05, 3.63) is 11.9 Å². The molecule has 17 heavy (non-hydrogen) atoms. The summed E-state index contributed by atoms with van der Waals surface area (Å²) in [5, 5.41) is 8.84. The molecule has 4 nitrogen and oxygen atoms in total.